The number of carbonyl (C=O) groups is 1. The molecule has 148 valence electrons. The number of aromatic amines is 1. The fraction of sp³-hybridized carbons (Fsp3) is 0.273. The van der Waals surface area contributed by atoms with Crippen LogP contribution in [-0.2, 0) is 4.74 Å². The first-order valence-electron chi connectivity index (χ1n) is 9.68. The molecule has 5 rings (SSSR count). The number of methoxy groups -OCH3 is 1. The van der Waals surface area contributed by atoms with Gasteiger partial charge < -0.3 is 19.2 Å². The van der Waals surface area contributed by atoms with Crippen LogP contribution in [-0.4, -0.2) is 42.5 Å². The van der Waals surface area contributed by atoms with E-state index in [1.165, 1.54) is 0 Å². The summed E-state index contributed by atoms with van der Waals surface area (Å²) in [4.78, 5) is 12.8. The zero-order valence-electron chi connectivity index (χ0n) is 16.0. The molecule has 4 aromatic rings. The van der Waals surface area contributed by atoms with Crippen molar-refractivity contribution in [1.82, 2.24) is 15.5 Å². The molecular formula is C22H21N3O4. The van der Waals surface area contributed by atoms with E-state index in [2.05, 4.69) is 15.5 Å². The van der Waals surface area contributed by atoms with Gasteiger partial charge in [-0.1, -0.05) is 18.2 Å². The van der Waals surface area contributed by atoms with Gasteiger partial charge in [-0.05, 0) is 37.1 Å². The average molecular weight is 391 g/mol. The van der Waals surface area contributed by atoms with Gasteiger partial charge in [0.1, 0.15) is 17.0 Å². The molecular weight excluding hydrogens is 370 g/mol. The van der Waals surface area contributed by atoms with Crippen LogP contribution >= 0.6 is 0 Å². The van der Waals surface area contributed by atoms with Crippen LogP contribution in [0.1, 0.15) is 23.2 Å². The summed E-state index contributed by atoms with van der Waals surface area (Å²) in [7, 11) is 1.56. The number of fused-ring (bicyclic) bond motifs is 2. The minimum atomic E-state index is -0.198. The molecule has 0 aliphatic carbocycles. The van der Waals surface area contributed by atoms with E-state index in [9.17, 15) is 4.79 Å². The van der Waals surface area contributed by atoms with E-state index in [0.29, 0.717) is 29.3 Å². The number of carbonyl (C=O) groups excluding carboxylic acids is 1. The second kappa shape index (κ2) is 7.25. The number of furan rings is 1. The zero-order chi connectivity index (χ0) is 19.8. The maximum Gasteiger partial charge on any atom is 0.255 e. The molecule has 7 nitrogen and oxygen atoms in total. The summed E-state index contributed by atoms with van der Waals surface area (Å²) < 4.78 is 17.2. The smallest absolute Gasteiger partial charge is 0.255 e. The highest BCUT2D eigenvalue weighted by Crippen LogP contribution is 2.38. The Labute approximate surface area is 167 Å². The van der Waals surface area contributed by atoms with E-state index in [-0.39, 0.29) is 12.0 Å². The van der Waals surface area contributed by atoms with Crippen LogP contribution in [0.15, 0.2) is 46.9 Å². The topological polar surface area (TPSA) is 89.4 Å². The van der Waals surface area contributed by atoms with Crippen molar-refractivity contribution in [1.29, 1.82) is 0 Å². The van der Waals surface area contributed by atoms with Gasteiger partial charge in [0.05, 0.1) is 29.7 Å². The van der Waals surface area contributed by atoms with Gasteiger partial charge in [0.25, 0.3) is 5.91 Å². The van der Waals surface area contributed by atoms with Crippen LogP contribution in [0.2, 0.25) is 0 Å². The van der Waals surface area contributed by atoms with Crippen molar-refractivity contribution in [2.24, 2.45) is 0 Å². The molecule has 1 fully saturated rings. The second-order valence-electron chi connectivity index (χ2n) is 7.13. The molecule has 2 N–H and O–H groups in total. The van der Waals surface area contributed by atoms with Gasteiger partial charge in [-0.25, -0.2) is 0 Å². The zero-order valence-corrected chi connectivity index (χ0v) is 16.0. The fourth-order valence-corrected chi connectivity index (χ4v) is 3.86. The van der Waals surface area contributed by atoms with E-state index < -0.39 is 0 Å². The third kappa shape index (κ3) is 3.13. The van der Waals surface area contributed by atoms with E-state index in [1.54, 1.807) is 13.2 Å². The molecule has 1 unspecified atom stereocenters. The number of benzene rings is 2. The molecule has 1 amide bonds. The van der Waals surface area contributed by atoms with Gasteiger partial charge in [-0.2, -0.15) is 5.10 Å². The van der Waals surface area contributed by atoms with Gasteiger partial charge in [-0.15, -0.1) is 0 Å². The lowest BCUT2D eigenvalue weighted by Gasteiger charge is -2.13. The molecule has 29 heavy (non-hydrogen) atoms. The maximum absolute atomic E-state index is 12.8. The van der Waals surface area contributed by atoms with Crippen LogP contribution in [0.4, 0.5) is 0 Å². The Hall–Kier alpha value is -3.32. The number of nitrogens with zero attached hydrogens (tertiary/aromatic N) is 1. The predicted molar refractivity (Wildman–Crippen MR) is 109 cm³/mol. The first kappa shape index (κ1) is 17.8. The minimum absolute atomic E-state index is 0.0775. The number of hydrogen-bond acceptors (Lipinski definition) is 5. The first-order valence-corrected chi connectivity index (χ1v) is 9.68. The number of hydrogen-bond donors (Lipinski definition) is 2. The normalized spacial score (nSPS) is 16.5. The number of nitrogens with one attached hydrogen (secondary N) is 2. The average Bonchev–Trinajstić information content (AvgIpc) is 3.49. The van der Waals surface area contributed by atoms with Gasteiger partial charge >= 0.3 is 0 Å². The Morgan fingerprint density at radius 2 is 2.21 bits per heavy atom. The second-order valence-corrected chi connectivity index (χ2v) is 7.13. The number of aromatic nitrogens is 2. The number of para-hydroxylation sites is 1. The van der Waals surface area contributed by atoms with Crippen molar-refractivity contribution < 1.29 is 18.7 Å². The van der Waals surface area contributed by atoms with Crippen molar-refractivity contribution in [3.8, 4) is 17.2 Å². The monoisotopic (exact) mass is 391 g/mol. The summed E-state index contributed by atoms with van der Waals surface area (Å²) in [5, 5.41) is 12.1. The van der Waals surface area contributed by atoms with Crippen molar-refractivity contribution in [3.63, 3.8) is 0 Å². The summed E-state index contributed by atoms with van der Waals surface area (Å²) in [5.74, 6) is 0.889. The molecule has 1 aliphatic rings. The Bertz CT molecular complexity index is 1150. The number of rotatable bonds is 5. The van der Waals surface area contributed by atoms with Crippen molar-refractivity contribution in [3.05, 3.63) is 48.0 Å². The van der Waals surface area contributed by atoms with Crippen LogP contribution in [0, 0.1) is 0 Å². The highest BCUT2D eigenvalue weighted by molar-refractivity contribution is 6.07. The van der Waals surface area contributed by atoms with Crippen molar-refractivity contribution in [2.75, 3.05) is 20.3 Å². The minimum Gasteiger partial charge on any atom is -0.495 e. The van der Waals surface area contributed by atoms with Crippen LogP contribution < -0.4 is 10.1 Å². The number of amides is 1. The van der Waals surface area contributed by atoms with E-state index in [4.69, 9.17) is 13.9 Å². The van der Waals surface area contributed by atoms with Gasteiger partial charge in [0, 0.05) is 18.5 Å². The Morgan fingerprint density at radius 1 is 1.31 bits per heavy atom. The molecule has 2 aromatic heterocycles. The summed E-state index contributed by atoms with van der Waals surface area (Å²) in [6, 6.07) is 13.3. The molecule has 0 radical (unpaired) electrons. The quantitative estimate of drug-likeness (QED) is 0.539. The molecule has 1 saturated heterocycles. The lowest BCUT2D eigenvalue weighted by molar-refractivity contribution is 0.0855. The SMILES string of the molecule is COc1c(C(=O)NCC2CCCO2)ccc2[nH]nc(-c3cc4ccccc4o3)c12. The number of H-pyrrole nitrogens is 1. The number of ether oxygens (including phenoxy) is 2. The van der Waals surface area contributed by atoms with Crippen LogP contribution in [0.5, 0.6) is 5.75 Å². The molecule has 1 aliphatic heterocycles. The molecule has 0 spiro atoms. The van der Waals surface area contributed by atoms with E-state index in [0.717, 1.165) is 41.3 Å². The third-order valence-electron chi connectivity index (χ3n) is 5.30. The highest BCUT2D eigenvalue weighted by Gasteiger charge is 2.23. The predicted octanol–water partition coefficient (Wildman–Crippen LogP) is 3.89. The molecule has 0 saturated carbocycles. The maximum atomic E-state index is 12.8. The standard InChI is InChI=1S/C22H21N3O4/c1-27-21-15(22(26)23-12-14-6-4-10-28-14)8-9-16-19(21)20(25-24-16)18-11-13-5-2-3-7-17(13)29-18/h2-3,5,7-9,11,14H,4,6,10,12H2,1H3,(H,23,26)(H,24,25). The van der Waals surface area contributed by atoms with E-state index >= 15 is 0 Å². The lowest BCUT2D eigenvalue weighted by Crippen LogP contribution is -2.32. The largest absolute Gasteiger partial charge is 0.495 e. The molecule has 0 bridgehead atoms. The van der Waals surface area contributed by atoms with Crippen LogP contribution in [0.25, 0.3) is 33.3 Å². The highest BCUT2D eigenvalue weighted by atomic mass is 16.5. The summed E-state index contributed by atoms with van der Waals surface area (Å²) in [6.07, 6.45) is 2.08. The first-order chi connectivity index (χ1) is 14.2. The van der Waals surface area contributed by atoms with Crippen molar-refractivity contribution >= 4 is 27.8 Å². The molecule has 3 heterocycles. The van der Waals surface area contributed by atoms with Gasteiger partial charge in [-0.3, -0.25) is 9.89 Å². The van der Waals surface area contributed by atoms with E-state index in [1.807, 2.05) is 36.4 Å². The van der Waals surface area contributed by atoms with Gasteiger partial charge in [0.2, 0.25) is 0 Å². The Kier molecular flexibility index (Phi) is 4.44. The van der Waals surface area contributed by atoms with Crippen LogP contribution in [0.3, 0.4) is 0 Å². The summed E-state index contributed by atoms with van der Waals surface area (Å²) in [5.41, 5.74) is 2.62. The molecule has 2 aromatic carbocycles. The summed E-state index contributed by atoms with van der Waals surface area (Å²) in [6.45, 7) is 1.24. The van der Waals surface area contributed by atoms with Crippen molar-refractivity contribution in [2.45, 2.75) is 18.9 Å². The Morgan fingerprint density at radius 3 is 3.00 bits per heavy atom. The molecule has 7 heteroatoms. The fourth-order valence-electron chi connectivity index (χ4n) is 3.86. The Balaban J connectivity index is 1.54. The lowest BCUT2D eigenvalue weighted by atomic mass is 10.1. The molecule has 1 atom stereocenters. The van der Waals surface area contributed by atoms with Gasteiger partial charge in [0.15, 0.2) is 5.76 Å². The third-order valence-corrected chi connectivity index (χ3v) is 5.30. The summed E-state index contributed by atoms with van der Waals surface area (Å²) >= 11 is 0.